The molecule has 0 radical (unpaired) electrons. The molecule has 1 fully saturated rings. The lowest BCUT2D eigenvalue weighted by Crippen LogP contribution is -2.51. The van der Waals surface area contributed by atoms with Gasteiger partial charge in [0, 0.05) is 25.2 Å². The number of anilines is 1. The summed E-state index contributed by atoms with van der Waals surface area (Å²) in [5.41, 5.74) is -1.44. The molecule has 7 nitrogen and oxygen atoms in total. The maximum Gasteiger partial charge on any atom is 0.416 e. The number of hydrogen-bond donors (Lipinski definition) is 2. The van der Waals surface area contributed by atoms with Crippen molar-refractivity contribution in [2.24, 2.45) is 7.05 Å². The summed E-state index contributed by atoms with van der Waals surface area (Å²) in [6.45, 7) is 8.16. The summed E-state index contributed by atoms with van der Waals surface area (Å²) in [7, 11) is 1.44. The molecule has 1 aliphatic rings. The first-order chi connectivity index (χ1) is 13.9. The van der Waals surface area contributed by atoms with Gasteiger partial charge in [-0.1, -0.05) is 0 Å². The van der Waals surface area contributed by atoms with E-state index in [1.165, 1.54) is 11.6 Å². The Morgan fingerprint density at radius 2 is 1.90 bits per heavy atom. The second-order valence-electron chi connectivity index (χ2n) is 8.57. The summed E-state index contributed by atoms with van der Waals surface area (Å²) in [5.74, 6) is -0.562. The maximum atomic E-state index is 12.8. The Hall–Kier alpha value is -2.62. The number of rotatable bonds is 3. The van der Waals surface area contributed by atoms with Gasteiger partial charge in [0.05, 0.1) is 11.1 Å². The number of likely N-dealkylation sites (tertiary alicyclic amines) is 1. The van der Waals surface area contributed by atoms with Gasteiger partial charge in [-0.25, -0.2) is 0 Å². The molecule has 0 spiro atoms. The number of phenols is 1. The van der Waals surface area contributed by atoms with E-state index in [9.17, 15) is 23.1 Å². The van der Waals surface area contributed by atoms with E-state index < -0.39 is 23.0 Å². The Balaban J connectivity index is 1.85. The first-order valence-electron chi connectivity index (χ1n) is 9.74. The molecule has 0 bridgehead atoms. The zero-order valence-corrected chi connectivity index (χ0v) is 17.4. The summed E-state index contributed by atoms with van der Waals surface area (Å²) in [5, 5.41) is 21.2. The Bertz CT molecular complexity index is 982. The molecule has 2 N–H and O–H groups in total. The highest BCUT2D eigenvalue weighted by Crippen LogP contribution is 2.35. The van der Waals surface area contributed by atoms with Crippen molar-refractivity contribution in [3.05, 3.63) is 34.1 Å². The maximum absolute atomic E-state index is 12.8. The van der Waals surface area contributed by atoms with E-state index in [0.29, 0.717) is 6.07 Å². The molecule has 0 aliphatic carbocycles. The predicted octanol–water partition coefficient (Wildman–Crippen LogP) is 3.24. The van der Waals surface area contributed by atoms with Gasteiger partial charge in [-0.3, -0.25) is 14.3 Å². The van der Waals surface area contributed by atoms with Gasteiger partial charge in [0.25, 0.3) is 5.56 Å². The van der Waals surface area contributed by atoms with Crippen LogP contribution in [0, 0.1) is 0 Å². The molecular weight excluding hydrogens is 399 g/mol. The monoisotopic (exact) mass is 425 g/mol. The van der Waals surface area contributed by atoms with Gasteiger partial charge in [0.1, 0.15) is 5.75 Å². The van der Waals surface area contributed by atoms with Crippen LogP contribution < -0.4 is 10.9 Å². The minimum atomic E-state index is -4.58. The molecule has 1 atom stereocenters. The number of piperidine rings is 1. The van der Waals surface area contributed by atoms with Gasteiger partial charge in [-0.05, 0) is 58.4 Å². The Morgan fingerprint density at radius 3 is 2.50 bits per heavy atom. The third-order valence-corrected chi connectivity index (χ3v) is 5.35. The molecule has 10 heteroatoms. The van der Waals surface area contributed by atoms with Gasteiger partial charge in [0.2, 0.25) is 5.82 Å². The van der Waals surface area contributed by atoms with E-state index in [0.717, 1.165) is 38.1 Å². The molecule has 1 aliphatic heterocycles. The number of hydrogen-bond acceptors (Lipinski definition) is 6. The zero-order valence-electron chi connectivity index (χ0n) is 17.4. The van der Waals surface area contributed by atoms with Crippen LogP contribution in [0.3, 0.4) is 0 Å². The molecule has 30 heavy (non-hydrogen) atoms. The first-order valence-corrected chi connectivity index (χ1v) is 9.74. The molecule has 1 unspecified atom stereocenters. The molecule has 1 saturated heterocycles. The third-order valence-electron chi connectivity index (χ3n) is 5.35. The van der Waals surface area contributed by atoms with Gasteiger partial charge in [-0.2, -0.15) is 13.2 Å². The molecule has 3 rings (SSSR count). The highest BCUT2D eigenvalue weighted by molar-refractivity contribution is 5.65. The molecule has 1 aromatic heterocycles. The van der Waals surface area contributed by atoms with Crippen LogP contribution in [0.5, 0.6) is 5.75 Å². The van der Waals surface area contributed by atoms with Gasteiger partial charge < -0.3 is 10.4 Å². The van der Waals surface area contributed by atoms with E-state index in [4.69, 9.17) is 0 Å². The van der Waals surface area contributed by atoms with Crippen LogP contribution in [0.2, 0.25) is 0 Å². The molecule has 0 amide bonds. The lowest BCUT2D eigenvalue weighted by atomic mass is 9.98. The number of nitrogens with one attached hydrogen (secondary N) is 1. The average Bonchev–Trinajstić information content (AvgIpc) is 2.65. The normalized spacial score (nSPS) is 18.4. The van der Waals surface area contributed by atoms with Crippen LogP contribution >= 0.6 is 0 Å². The third kappa shape index (κ3) is 4.58. The van der Waals surface area contributed by atoms with Crippen molar-refractivity contribution in [2.45, 2.75) is 51.4 Å². The highest BCUT2D eigenvalue weighted by atomic mass is 19.4. The van der Waals surface area contributed by atoms with Gasteiger partial charge in [-0.15, -0.1) is 10.2 Å². The molecular formula is C20H26F3N5O2. The fourth-order valence-electron chi connectivity index (χ4n) is 3.58. The lowest BCUT2D eigenvalue weighted by Gasteiger charge is -2.41. The van der Waals surface area contributed by atoms with Crippen molar-refractivity contribution in [1.29, 1.82) is 0 Å². The summed E-state index contributed by atoms with van der Waals surface area (Å²) in [4.78, 5) is 15.1. The Kier molecular flexibility index (Phi) is 5.81. The van der Waals surface area contributed by atoms with Gasteiger partial charge >= 0.3 is 6.18 Å². The summed E-state index contributed by atoms with van der Waals surface area (Å²) in [6, 6.07) is 2.55. The van der Waals surface area contributed by atoms with E-state index >= 15 is 0 Å². The summed E-state index contributed by atoms with van der Waals surface area (Å²) >= 11 is 0. The van der Waals surface area contributed by atoms with E-state index in [1.807, 2.05) is 0 Å². The van der Waals surface area contributed by atoms with E-state index in [2.05, 4.69) is 41.2 Å². The fraction of sp³-hybridized carbons (Fsp3) is 0.550. The quantitative estimate of drug-likeness (QED) is 0.786. The topological polar surface area (TPSA) is 83.3 Å². The number of halogens is 3. The van der Waals surface area contributed by atoms with E-state index in [1.54, 1.807) is 0 Å². The lowest BCUT2D eigenvalue weighted by molar-refractivity contribution is -0.137. The van der Waals surface area contributed by atoms with E-state index in [-0.39, 0.29) is 28.8 Å². The van der Waals surface area contributed by atoms with Gasteiger partial charge in [0.15, 0.2) is 5.82 Å². The minimum Gasteiger partial charge on any atom is -0.507 e. The van der Waals surface area contributed by atoms with Crippen molar-refractivity contribution in [2.75, 3.05) is 18.4 Å². The number of nitrogens with zero attached hydrogens (tertiary/aromatic N) is 4. The van der Waals surface area contributed by atoms with Crippen molar-refractivity contribution < 1.29 is 18.3 Å². The second-order valence-corrected chi connectivity index (χ2v) is 8.57. The smallest absolute Gasteiger partial charge is 0.416 e. The highest BCUT2D eigenvalue weighted by Gasteiger charge is 2.32. The van der Waals surface area contributed by atoms with Crippen molar-refractivity contribution in [3.8, 4) is 17.1 Å². The van der Waals surface area contributed by atoms with Crippen LogP contribution in [0.4, 0.5) is 19.0 Å². The summed E-state index contributed by atoms with van der Waals surface area (Å²) in [6.07, 6.45) is -2.71. The second kappa shape index (κ2) is 7.90. The zero-order chi connectivity index (χ0) is 22.3. The van der Waals surface area contributed by atoms with Crippen LogP contribution in [0.1, 0.15) is 39.2 Å². The molecule has 0 saturated carbocycles. The molecule has 164 valence electrons. The number of phenolic OH excluding ortho intramolecular Hbond substituents is 1. The first kappa shape index (κ1) is 22.1. The van der Waals surface area contributed by atoms with Crippen LogP contribution in [-0.4, -0.2) is 49.4 Å². The molecule has 1 aromatic carbocycles. The van der Waals surface area contributed by atoms with Crippen LogP contribution in [0.15, 0.2) is 23.0 Å². The minimum absolute atomic E-state index is 0.00164. The summed E-state index contributed by atoms with van der Waals surface area (Å²) < 4.78 is 39.6. The van der Waals surface area contributed by atoms with Crippen molar-refractivity contribution in [1.82, 2.24) is 19.7 Å². The van der Waals surface area contributed by atoms with Crippen LogP contribution in [-0.2, 0) is 13.2 Å². The Morgan fingerprint density at radius 1 is 1.20 bits per heavy atom. The average molecular weight is 425 g/mol. The standard InChI is InChI=1S/C20H26F3N5O2/c1-19(2,3)28-9-5-6-13(11-28)24-16-18(30)27(4)17(26-25-16)14-8-7-12(10-15(14)29)20(21,22)23/h7-8,10,13,29H,5-6,9,11H2,1-4H3,(H,24,25). The van der Waals surface area contributed by atoms with Crippen molar-refractivity contribution in [3.63, 3.8) is 0 Å². The number of aromatic nitrogens is 3. The molecule has 2 aromatic rings. The fourth-order valence-corrected chi connectivity index (χ4v) is 3.58. The molecule has 2 heterocycles. The Labute approximate surface area is 172 Å². The van der Waals surface area contributed by atoms with Crippen molar-refractivity contribution >= 4 is 5.82 Å². The number of aromatic hydroxyl groups is 1. The number of benzene rings is 1. The number of alkyl halides is 3. The SMILES string of the molecule is Cn1c(-c2ccc(C(F)(F)F)cc2O)nnc(NC2CCCN(C(C)(C)C)C2)c1=O. The van der Waals surface area contributed by atoms with Crippen LogP contribution in [0.25, 0.3) is 11.4 Å². The largest absolute Gasteiger partial charge is 0.507 e. The predicted molar refractivity (Wildman–Crippen MR) is 107 cm³/mol.